The SMILES string of the molecule is COC(=O)c1ccc(C(=O)OC)c(NC(=O)c2nn(CC(C)C)c(=O)c3ccccc23)c1. The number of rotatable bonds is 6. The number of aromatic nitrogens is 2. The Morgan fingerprint density at radius 1 is 1.00 bits per heavy atom. The molecule has 0 atom stereocenters. The van der Waals surface area contributed by atoms with Gasteiger partial charge in [-0.1, -0.05) is 32.0 Å². The van der Waals surface area contributed by atoms with Gasteiger partial charge in [0.05, 0.1) is 36.4 Å². The molecule has 1 aromatic heterocycles. The van der Waals surface area contributed by atoms with Gasteiger partial charge in [0.15, 0.2) is 5.69 Å². The van der Waals surface area contributed by atoms with Crippen LogP contribution in [0.4, 0.5) is 5.69 Å². The Balaban J connectivity index is 2.12. The highest BCUT2D eigenvalue weighted by atomic mass is 16.5. The predicted octanol–water partition coefficient (Wildman–Crippen LogP) is 2.88. The van der Waals surface area contributed by atoms with Gasteiger partial charge < -0.3 is 14.8 Å². The van der Waals surface area contributed by atoms with E-state index >= 15 is 0 Å². The molecule has 1 heterocycles. The number of anilines is 1. The number of carbonyl (C=O) groups excluding carboxylic acids is 3. The summed E-state index contributed by atoms with van der Waals surface area (Å²) in [6.07, 6.45) is 0. The van der Waals surface area contributed by atoms with Gasteiger partial charge >= 0.3 is 11.9 Å². The van der Waals surface area contributed by atoms with Gasteiger partial charge in [-0.25, -0.2) is 14.3 Å². The van der Waals surface area contributed by atoms with Crippen molar-refractivity contribution in [3.8, 4) is 0 Å². The molecule has 9 heteroatoms. The summed E-state index contributed by atoms with van der Waals surface area (Å²) in [7, 11) is 2.43. The third-order valence-corrected chi connectivity index (χ3v) is 4.72. The van der Waals surface area contributed by atoms with Crippen molar-refractivity contribution in [1.82, 2.24) is 9.78 Å². The maximum absolute atomic E-state index is 13.2. The van der Waals surface area contributed by atoms with Crippen LogP contribution in [0.5, 0.6) is 0 Å². The zero-order valence-corrected chi connectivity index (χ0v) is 18.2. The molecule has 0 fully saturated rings. The number of amides is 1. The average Bonchev–Trinajstić information content (AvgIpc) is 2.79. The first-order valence-electron chi connectivity index (χ1n) is 9.88. The summed E-state index contributed by atoms with van der Waals surface area (Å²) in [6.45, 7) is 4.20. The van der Waals surface area contributed by atoms with Gasteiger partial charge in [-0.2, -0.15) is 5.10 Å². The number of nitrogens with zero attached hydrogens (tertiary/aromatic N) is 2. The van der Waals surface area contributed by atoms with Gasteiger partial charge in [-0.3, -0.25) is 9.59 Å². The number of carbonyl (C=O) groups is 3. The molecule has 3 rings (SSSR count). The first kappa shape index (κ1) is 22.7. The Labute approximate surface area is 183 Å². The van der Waals surface area contributed by atoms with Crippen molar-refractivity contribution in [2.24, 2.45) is 5.92 Å². The average molecular weight is 437 g/mol. The van der Waals surface area contributed by atoms with E-state index in [1.807, 2.05) is 13.8 Å². The lowest BCUT2D eigenvalue weighted by molar-refractivity contribution is 0.0587. The highest BCUT2D eigenvalue weighted by Crippen LogP contribution is 2.22. The van der Waals surface area contributed by atoms with E-state index in [-0.39, 0.29) is 34.0 Å². The van der Waals surface area contributed by atoms with E-state index in [9.17, 15) is 19.2 Å². The quantitative estimate of drug-likeness (QED) is 0.589. The van der Waals surface area contributed by atoms with Crippen molar-refractivity contribution in [3.05, 3.63) is 69.6 Å². The van der Waals surface area contributed by atoms with Crippen LogP contribution in [0.1, 0.15) is 45.1 Å². The Morgan fingerprint density at radius 3 is 2.28 bits per heavy atom. The number of fused-ring (bicyclic) bond motifs is 1. The number of methoxy groups -OCH3 is 2. The molecule has 9 nitrogen and oxygen atoms in total. The van der Waals surface area contributed by atoms with Crippen LogP contribution in [-0.4, -0.2) is 41.8 Å². The van der Waals surface area contributed by atoms with Gasteiger partial charge in [0, 0.05) is 11.9 Å². The molecular weight excluding hydrogens is 414 g/mol. The molecule has 0 aliphatic rings. The molecule has 0 bridgehead atoms. The lowest BCUT2D eigenvalue weighted by Gasteiger charge is -2.14. The molecule has 0 saturated heterocycles. The molecule has 2 aromatic carbocycles. The fraction of sp³-hybridized carbons (Fsp3) is 0.261. The maximum Gasteiger partial charge on any atom is 0.339 e. The van der Waals surface area contributed by atoms with E-state index < -0.39 is 17.8 Å². The second kappa shape index (κ2) is 9.42. The van der Waals surface area contributed by atoms with Crippen LogP contribution >= 0.6 is 0 Å². The molecule has 1 N–H and O–H groups in total. The number of ether oxygens (including phenoxy) is 2. The second-order valence-electron chi connectivity index (χ2n) is 7.47. The number of nitrogens with one attached hydrogen (secondary N) is 1. The summed E-state index contributed by atoms with van der Waals surface area (Å²) in [4.78, 5) is 50.1. The van der Waals surface area contributed by atoms with Gasteiger partial charge in [0.25, 0.3) is 11.5 Å². The summed E-state index contributed by atoms with van der Waals surface area (Å²) in [5, 5.41) is 7.64. The van der Waals surface area contributed by atoms with E-state index in [4.69, 9.17) is 9.47 Å². The van der Waals surface area contributed by atoms with Crippen molar-refractivity contribution >= 4 is 34.3 Å². The van der Waals surface area contributed by atoms with Crippen LogP contribution in [0.15, 0.2) is 47.3 Å². The van der Waals surface area contributed by atoms with E-state index in [1.165, 1.54) is 37.1 Å². The van der Waals surface area contributed by atoms with Crippen molar-refractivity contribution in [3.63, 3.8) is 0 Å². The normalized spacial score (nSPS) is 10.8. The largest absolute Gasteiger partial charge is 0.465 e. The summed E-state index contributed by atoms with van der Waals surface area (Å²) in [5.74, 6) is -1.85. The third kappa shape index (κ3) is 4.51. The molecule has 32 heavy (non-hydrogen) atoms. The molecule has 0 spiro atoms. The van der Waals surface area contributed by atoms with Crippen LogP contribution in [0, 0.1) is 5.92 Å². The first-order valence-corrected chi connectivity index (χ1v) is 9.88. The van der Waals surface area contributed by atoms with E-state index in [0.29, 0.717) is 17.3 Å². The Kier molecular flexibility index (Phi) is 6.67. The second-order valence-corrected chi connectivity index (χ2v) is 7.47. The summed E-state index contributed by atoms with van der Waals surface area (Å²) in [5.41, 5.74) is -0.0440. The van der Waals surface area contributed by atoms with Crippen LogP contribution in [0.2, 0.25) is 0 Å². The molecule has 3 aromatic rings. The van der Waals surface area contributed by atoms with Gasteiger partial charge in [0.2, 0.25) is 0 Å². The molecule has 0 unspecified atom stereocenters. The van der Waals surface area contributed by atoms with E-state index in [1.54, 1.807) is 24.3 Å². The number of benzene rings is 2. The zero-order chi connectivity index (χ0) is 23.4. The van der Waals surface area contributed by atoms with E-state index in [0.717, 1.165) is 0 Å². The van der Waals surface area contributed by atoms with Gasteiger partial charge in [-0.15, -0.1) is 0 Å². The van der Waals surface area contributed by atoms with E-state index in [2.05, 4.69) is 10.4 Å². The molecule has 0 saturated carbocycles. The number of hydrogen-bond acceptors (Lipinski definition) is 7. The minimum atomic E-state index is -0.695. The summed E-state index contributed by atoms with van der Waals surface area (Å²) < 4.78 is 10.7. The zero-order valence-electron chi connectivity index (χ0n) is 18.2. The molecule has 0 radical (unpaired) electrons. The third-order valence-electron chi connectivity index (χ3n) is 4.72. The van der Waals surface area contributed by atoms with Gasteiger partial charge in [-0.05, 0) is 30.2 Å². The van der Waals surface area contributed by atoms with Crippen LogP contribution < -0.4 is 10.9 Å². The lowest BCUT2D eigenvalue weighted by Crippen LogP contribution is -2.29. The molecular formula is C23H23N3O6. The molecule has 0 aliphatic heterocycles. The topological polar surface area (TPSA) is 117 Å². The minimum absolute atomic E-state index is 0.0140. The molecule has 166 valence electrons. The smallest absolute Gasteiger partial charge is 0.339 e. The van der Waals surface area contributed by atoms with Crippen molar-refractivity contribution < 1.29 is 23.9 Å². The van der Waals surface area contributed by atoms with Crippen LogP contribution in [0.3, 0.4) is 0 Å². The fourth-order valence-electron chi connectivity index (χ4n) is 3.23. The molecule has 1 amide bonds. The predicted molar refractivity (Wildman–Crippen MR) is 118 cm³/mol. The van der Waals surface area contributed by atoms with Crippen LogP contribution in [0.25, 0.3) is 10.8 Å². The Morgan fingerprint density at radius 2 is 1.66 bits per heavy atom. The highest BCUT2D eigenvalue weighted by Gasteiger charge is 2.21. The monoisotopic (exact) mass is 437 g/mol. The van der Waals surface area contributed by atoms with Crippen molar-refractivity contribution in [2.75, 3.05) is 19.5 Å². The standard InChI is InChI=1S/C23H23N3O6/c1-13(2)12-26-21(28)16-8-6-5-7-15(16)19(25-26)20(27)24-18-11-14(22(29)31-3)9-10-17(18)23(30)32-4/h5-11,13H,12H2,1-4H3,(H,24,27). The maximum atomic E-state index is 13.2. The summed E-state index contributed by atoms with van der Waals surface area (Å²) in [6, 6.07) is 10.7. The fourth-order valence-corrected chi connectivity index (χ4v) is 3.23. The molecule has 0 aliphatic carbocycles. The number of hydrogen-bond donors (Lipinski definition) is 1. The van der Waals surface area contributed by atoms with Crippen LogP contribution in [-0.2, 0) is 16.0 Å². The highest BCUT2D eigenvalue weighted by molar-refractivity contribution is 6.13. The lowest BCUT2D eigenvalue weighted by atomic mass is 10.1. The van der Waals surface area contributed by atoms with Crippen molar-refractivity contribution in [1.29, 1.82) is 0 Å². The Bertz CT molecular complexity index is 1260. The van der Waals surface area contributed by atoms with Gasteiger partial charge in [0.1, 0.15) is 0 Å². The first-order chi connectivity index (χ1) is 15.3. The number of esters is 2. The van der Waals surface area contributed by atoms with Crippen molar-refractivity contribution in [2.45, 2.75) is 20.4 Å². The Hall–Kier alpha value is -4.01. The minimum Gasteiger partial charge on any atom is -0.465 e. The summed E-state index contributed by atoms with van der Waals surface area (Å²) >= 11 is 0.